The molecular formula is C36H20N2O4S2. The van der Waals surface area contributed by atoms with Crippen LogP contribution in [0.15, 0.2) is 141 Å². The molecule has 0 unspecified atom stereocenters. The van der Waals surface area contributed by atoms with E-state index >= 15 is 0 Å². The number of benzene rings is 5. The summed E-state index contributed by atoms with van der Waals surface area (Å²) in [5, 5.41) is 19.7. The highest BCUT2D eigenvalue weighted by Gasteiger charge is 2.35. The molecule has 0 N–H and O–H groups in total. The summed E-state index contributed by atoms with van der Waals surface area (Å²) in [6.45, 7) is 0. The zero-order valence-electron chi connectivity index (χ0n) is 22.9. The molecule has 0 atom stereocenters. The molecule has 0 fully saturated rings. The second-order valence-electron chi connectivity index (χ2n) is 10.3. The van der Waals surface area contributed by atoms with Gasteiger partial charge in [0, 0.05) is 23.3 Å². The molecule has 0 radical (unpaired) electrons. The fourth-order valence-corrected chi connectivity index (χ4v) is 8.69. The maximum atomic E-state index is 13.5. The van der Waals surface area contributed by atoms with Crippen LogP contribution in [0.2, 0.25) is 0 Å². The van der Waals surface area contributed by atoms with Crippen LogP contribution in [-0.2, 0) is 19.7 Å². The summed E-state index contributed by atoms with van der Waals surface area (Å²) in [5.41, 5.74) is 6.73. The third-order valence-corrected chi connectivity index (χ3v) is 11.6. The predicted molar refractivity (Wildman–Crippen MR) is 166 cm³/mol. The monoisotopic (exact) mass is 608 g/mol. The first-order valence-corrected chi connectivity index (χ1v) is 16.5. The maximum Gasteiger partial charge on any atom is 0.206 e. The molecule has 0 spiro atoms. The number of nitriles is 2. The molecule has 5 aromatic rings. The molecule has 44 heavy (non-hydrogen) atoms. The smallest absolute Gasteiger partial charge is 0.206 e. The molecular weight excluding hydrogens is 589 g/mol. The van der Waals surface area contributed by atoms with E-state index in [9.17, 15) is 27.4 Å². The van der Waals surface area contributed by atoms with Crippen molar-refractivity contribution in [1.29, 1.82) is 10.5 Å². The Balaban J connectivity index is 1.42. The highest BCUT2D eigenvalue weighted by atomic mass is 32.2. The molecule has 0 saturated heterocycles. The summed E-state index contributed by atoms with van der Waals surface area (Å²) in [6, 6.07) is 34.2. The lowest BCUT2D eigenvalue weighted by Crippen LogP contribution is -2.02. The molecule has 0 aliphatic heterocycles. The van der Waals surface area contributed by atoms with Crippen molar-refractivity contribution in [3.63, 3.8) is 0 Å². The van der Waals surface area contributed by atoms with E-state index in [1.807, 2.05) is 12.1 Å². The first-order chi connectivity index (χ1) is 21.3. The molecule has 5 aromatic carbocycles. The van der Waals surface area contributed by atoms with E-state index < -0.39 is 19.7 Å². The second kappa shape index (κ2) is 10.0. The van der Waals surface area contributed by atoms with E-state index in [-0.39, 0.29) is 19.6 Å². The molecule has 2 aliphatic carbocycles. The van der Waals surface area contributed by atoms with Crippen LogP contribution in [0.5, 0.6) is 0 Å². The van der Waals surface area contributed by atoms with E-state index in [2.05, 4.69) is 12.1 Å². The van der Waals surface area contributed by atoms with E-state index in [0.717, 1.165) is 22.3 Å². The standard InChI is InChI=1S/C36H20N2O4S2/c37-19-17-31-33-21-25(43(39,40)23-7-3-1-4-8-23)11-13-27(33)29-15-16-30-28-14-12-26(44(41,42)24-9-5-2-6-10-24)22-34(28)32(18-20-38)36(30)35(29)31/h1-18,21-22H/b31-17+,32-18?. The first kappa shape index (κ1) is 27.3. The Morgan fingerprint density at radius 3 is 1.16 bits per heavy atom. The van der Waals surface area contributed by atoms with Crippen LogP contribution in [-0.4, -0.2) is 16.8 Å². The highest BCUT2D eigenvalue weighted by Crippen LogP contribution is 2.55. The van der Waals surface area contributed by atoms with Crippen LogP contribution < -0.4 is 0 Å². The van der Waals surface area contributed by atoms with Gasteiger partial charge in [0.1, 0.15) is 0 Å². The summed E-state index contributed by atoms with van der Waals surface area (Å²) >= 11 is 0. The second-order valence-corrected chi connectivity index (χ2v) is 14.2. The van der Waals surface area contributed by atoms with Crippen LogP contribution in [0.1, 0.15) is 22.3 Å². The van der Waals surface area contributed by atoms with Gasteiger partial charge in [-0.05, 0) is 93.0 Å². The van der Waals surface area contributed by atoms with Crippen LogP contribution >= 0.6 is 0 Å². The van der Waals surface area contributed by atoms with Crippen molar-refractivity contribution in [2.75, 3.05) is 0 Å². The van der Waals surface area contributed by atoms with Gasteiger partial charge in [-0.25, -0.2) is 16.8 Å². The van der Waals surface area contributed by atoms with Gasteiger partial charge < -0.3 is 0 Å². The third kappa shape index (κ3) is 3.97. The third-order valence-electron chi connectivity index (χ3n) is 8.03. The summed E-state index contributed by atoms with van der Waals surface area (Å²) in [4.78, 5) is 0.529. The average molecular weight is 609 g/mol. The van der Waals surface area contributed by atoms with Gasteiger partial charge in [-0.1, -0.05) is 60.7 Å². The van der Waals surface area contributed by atoms with Gasteiger partial charge in [-0.15, -0.1) is 0 Å². The van der Waals surface area contributed by atoms with Crippen molar-refractivity contribution in [2.45, 2.75) is 19.6 Å². The first-order valence-electron chi connectivity index (χ1n) is 13.5. The zero-order valence-corrected chi connectivity index (χ0v) is 24.5. The lowest BCUT2D eigenvalue weighted by molar-refractivity contribution is 0.594. The molecule has 0 saturated carbocycles. The summed E-state index contributed by atoms with van der Waals surface area (Å²) < 4.78 is 53.9. The lowest BCUT2D eigenvalue weighted by Gasteiger charge is -2.10. The van der Waals surface area contributed by atoms with Crippen LogP contribution in [0.3, 0.4) is 0 Å². The number of nitrogens with zero attached hydrogens (tertiary/aromatic N) is 2. The Labute approximate surface area is 254 Å². The van der Waals surface area contributed by atoms with Crippen molar-refractivity contribution in [3.8, 4) is 34.4 Å². The molecule has 0 bridgehead atoms. The topological polar surface area (TPSA) is 116 Å². The molecule has 0 aromatic heterocycles. The predicted octanol–water partition coefficient (Wildman–Crippen LogP) is 7.22. The van der Waals surface area contributed by atoms with Gasteiger partial charge in [0.25, 0.3) is 0 Å². The number of hydrogen-bond acceptors (Lipinski definition) is 6. The maximum absolute atomic E-state index is 13.5. The van der Waals surface area contributed by atoms with Crippen LogP contribution in [0.4, 0.5) is 0 Å². The Bertz CT molecular complexity index is 2240. The van der Waals surface area contributed by atoms with Gasteiger partial charge in [0.15, 0.2) is 0 Å². The average Bonchev–Trinajstić information content (AvgIpc) is 3.54. The molecule has 0 heterocycles. The zero-order chi connectivity index (χ0) is 30.6. The normalized spacial score (nSPS) is 14.8. The minimum Gasteiger partial charge on any atom is -0.219 e. The molecule has 6 nitrogen and oxygen atoms in total. The fourth-order valence-electron chi connectivity index (χ4n) is 6.08. The van der Waals surface area contributed by atoms with E-state index in [4.69, 9.17) is 0 Å². The van der Waals surface area contributed by atoms with E-state index in [1.165, 1.54) is 12.2 Å². The number of hydrogen-bond donors (Lipinski definition) is 0. The summed E-state index contributed by atoms with van der Waals surface area (Å²) in [5.74, 6) is 0. The van der Waals surface area contributed by atoms with Gasteiger partial charge >= 0.3 is 0 Å². The molecule has 8 heteroatoms. The molecule has 7 rings (SSSR count). The Hall–Kier alpha value is -5.54. The van der Waals surface area contributed by atoms with E-state index in [1.54, 1.807) is 97.1 Å². The minimum atomic E-state index is -3.82. The van der Waals surface area contributed by atoms with Gasteiger partial charge in [0.05, 0.1) is 31.7 Å². The number of allylic oxidation sites excluding steroid dienone is 2. The number of fused-ring (bicyclic) bond motifs is 7. The van der Waals surface area contributed by atoms with E-state index in [0.29, 0.717) is 33.4 Å². The van der Waals surface area contributed by atoms with Gasteiger partial charge in [-0.3, -0.25) is 0 Å². The highest BCUT2D eigenvalue weighted by molar-refractivity contribution is 7.91. The van der Waals surface area contributed by atoms with Crippen LogP contribution in [0, 0.1) is 22.7 Å². The Morgan fingerprint density at radius 1 is 0.432 bits per heavy atom. The molecule has 2 aliphatic rings. The van der Waals surface area contributed by atoms with Crippen molar-refractivity contribution >= 4 is 30.8 Å². The summed E-state index contributed by atoms with van der Waals surface area (Å²) in [6.07, 6.45) is 2.78. The quantitative estimate of drug-likeness (QED) is 0.195. The molecule has 210 valence electrons. The number of rotatable bonds is 4. The number of sulfone groups is 2. The van der Waals surface area contributed by atoms with Gasteiger partial charge in [0.2, 0.25) is 19.7 Å². The van der Waals surface area contributed by atoms with Crippen molar-refractivity contribution < 1.29 is 16.8 Å². The van der Waals surface area contributed by atoms with Crippen molar-refractivity contribution in [2.24, 2.45) is 0 Å². The fraction of sp³-hybridized carbons (Fsp3) is 0. The Morgan fingerprint density at radius 2 is 0.795 bits per heavy atom. The largest absolute Gasteiger partial charge is 0.219 e. The van der Waals surface area contributed by atoms with Crippen molar-refractivity contribution in [3.05, 3.63) is 144 Å². The lowest BCUT2D eigenvalue weighted by atomic mass is 9.92. The Kier molecular flexibility index (Phi) is 6.22. The summed E-state index contributed by atoms with van der Waals surface area (Å²) in [7, 11) is -7.65. The van der Waals surface area contributed by atoms with Gasteiger partial charge in [-0.2, -0.15) is 10.5 Å². The van der Waals surface area contributed by atoms with Crippen molar-refractivity contribution in [1.82, 2.24) is 0 Å². The van der Waals surface area contributed by atoms with Crippen LogP contribution in [0.25, 0.3) is 33.4 Å². The molecule has 0 amide bonds. The SMILES string of the molecule is N#CC=C1c2cc(S(=O)(=O)c3ccccc3)ccc2-c2ccc3c(c21)/C(=C/C#N)c1cc(S(=O)(=O)c2ccccc2)ccc1-3. The minimum absolute atomic E-state index is 0.0996.